The van der Waals surface area contributed by atoms with Crippen molar-refractivity contribution < 1.29 is 22.7 Å². The van der Waals surface area contributed by atoms with E-state index in [4.69, 9.17) is 15.3 Å². The lowest BCUT2D eigenvalue weighted by molar-refractivity contribution is -0.121. The molecule has 0 heterocycles. The predicted octanol–water partition coefficient (Wildman–Crippen LogP) is -0.686. The van der Waals surface area contributed by atoms with Crippen molar-refractivity contribution >= 4 is 15.9 Å². The molecule has 0 fully saturated rings. The number of carbonyl (C=O) groups is 1. The molecular formula is C11H17N3O5S. The fraction of sp³-hybridized carbons (Fsp3) is 0.364. The molecular weight excluding hydrogens is 286 g/mol. The topological polar surface area (TPSA) is 111 Å². The molecule has 1 amide bonds. The highest BCUT2D eigenvalue weighted by Crippen LogP contribution is 2.30. The largest absolute Gasteiger partial charge is 0.493 e. The Hall–Kier alpha value is -1.84. The molecule has 0 unspecified atom stereocenters. The van der Waals surface area contributed by atoms with Crippen LogP contribution in [0.5, 0.6) is 11.5 Å². The number of rotatable bonds is 6. The summed E-state index contributed by atoms with van der Waals surface area (Å²) in [5, 5.41) is 0. The van der Waals surface area contributed by atoms with Crippen molar-refractivity contribution in [2.45, 2.75) is 4.90 Å². The lowest BCUT2D eigenvalue weighted by atomic mass is 10.3. The maximum absolute atomic E-state index is 12.3. The predicted molar refractivity (Wildman–Crippen MR) is 71.7 cm³/mol. The van der Waals surface area contributed by atoms with Crippen LogP contribution in [0, 0.1) is 0 Å². The van der Waals surface area contributed by atoms with E-state index in [0.29, 0.717) is 5.75 Å². The summed E-state index contributed by atoms with van der Waals surface area (Å²) < 4.78 is 35.5. The molecule has 0 aliphatic heterocycles. The van der Waals surface area contributed by atoms with Crippen LogP contribution in [-0.4, -0.2) is 46.4 Å². The number of hydrazine groups is 1. The number of amides is 1. The van der Waals surface area contributed by atoms with Crippen molar-refractivity contribution in [1.29, 1.82) is 0 Å². The van der Waals surface area contributed by atoms with Crippen LogP contribution in [0.2, 0.25) is 0 Å². The van der Waals surface area contributed by atoms with Gasteiger partial charge in [-0.2, -0.15) is 4.31 Å². The van der Waals surface area contributed by atoms with E-state index in [9.17, 15) is 13.2 Å². The second kappa shape index (κ2) is 6.55. The minimum atomic E-state index is -3.82. The number of nitrogens with two attached hydrogens (primary N) is 1. The fourth-order valence-electron chi connectivity index (χ4n) is 1.49. The second-order valence-electron chi connectivity index (χ2n) is 3.85. The van der Waals surface area contributed by atoms with E-state index >= 15 is 0 Å². The van der Waals surface area contributed by atoms with E-state index in [1.165, 1.54) is 39.5 Å². The molecule has 0 radical (unpaired) electrons. The standard InChI is InChI=1S/C11H17N3O5S/c1-14(7-11(15)13-12)20(16,17)8-4-5-9(18-2)10(6-8)19-3/h4-6H,7,12H2,1-3H3,(H,13,15). The van der Waals surface area contributed by atoms with E-state index in [1.54, 1.807) is 0 Å². The van der Waals surface area contributed by atoms with E-state index in [2.05, 4.69) is 0 Å². The molecule has 0 aromatic heterocycles. The van der Waals surface area contributed by atoms with Crippen LogP contribution in [-0.2, 0) is 14.8 Å². The number of benzene rings is 1. The van der Waals surface area contributed by atoms with Crippen LogP contribution in [0.25, 0.3) is 0 Å². The van der Waals surface area contributed by atoms with Gasteiger partial charge in [-0.3, -0.25) is 10.2 Å². The van der Waals surface area contributed by atoms with Gasteiger partial charge in [0.2, 0.25) is 15.9 Å². The van der Waals surface area contributed by atoms with E-state index in [1.807, 2.05) is 5.43 Å². The molecule has 0 saturated carbocycles. The molecule has 0 aliphatic carbocycles. The first kappa shape index (κ1) is 16.2. The molecule has 0 spiro atoms. The molecule has 0 aliphatic rings. The Morgan fingerprint density at radius 1 is 1.30 bits per heavy atom. The molecule has 3 N–H and O–H groups in total. The summed E-state index contributed by atoms with van der Waals surface area (Å²) in [4.78, 5) is 11.1. The Morgan fingerprint density at radius 3 is 2.40 bits per heavy atom. The first-order valence-corrected chi connectivity index (χ1v) is 6.98. The summed E-state index contributed by atoms with van der Waals surface area (Å²) in [5.74, 6) is 5.01. The molecule has 0 saturated heterocycles. The van der Waals surface area contributed by atoms with Crippen LogP contribution in [0.1, 0.15) is 0 Å². The summed E-state index contributed by atoms with van der Waals surface area (Å²) in [6.45, 7) is -0.382. The molecule has 0 atom stereocenters. The molecule has 1 aromatic rings. The highest BCUT2D eigenvalue weighted by atomic mass is 32.2. The Bertz CT molecular complexity index is 588. The smallest absolute Gasteiger partial charge is 0.249 e. The lowest BCUT2D eigenvalue weighted by Gasteiger charge is -2.17. The van der Waals surface area contributed by atoms with E-state index < -0.39 is 15.9 Å². The highest BCUT2D eigenvalue weighted by Gasteiger charge is 2.24. The Labute approximate surface area is 117 Å². The number of hydrogen-bond acceptors (Lipinski definition) is 6. The normalized spacial score (nSPS) is 11.2. The van der Waals surface area contributed by atoms with E-state index in [-0.39, 0.29) is 17.2 Å². The Kier molecular flexibility index (Phi) is 5.31. The number of nitrogens with one attached hydrogen (secondary N) is 1. The minimum absolute atomic E-state index is 0.0116. The van der Waals surface area contributed by atoms with Gasteiger partial charge in [0, 0.05) is 13.1 Å². The van der Waals surface area contributed by atoms with Crippen LogP contribution in [0.3, 0.4) is 0 Å². The molecule has 1 rings (SSSR count). The Morgan fingerprint density at radius 2 is 1.90 bits per heavy atom. The summed E-state index contributed by atoms with van der Waals surface area (Å²) in [7, 11) is 0.309. The average molecular weight is 303 g/mol. The van der Waals surface area contributed by atoms with Crippen molar-refractivity contribution in [2.24, 2.45) is 5.84 Å². The number of likely N-dealkylation sites (N-methyl/N-ethyl adjacent to an activating group) is 1. The number of ether oxygens (including phenoxy) is 2. The lowest BCUT2D eigenvalue weighted by Crippen LogP contribution is -2.41. The molecule has 0 bridgehead atoms. The van der Waals surface area contributed by atoms with Crippen LogP contribution in [0.15, 0.2) is 23.1 Å². The maximum Gasteiger partial charge on any atom is 0.249 e. The van der Waals surface area contributed by atoms with Crippen molar-refractivity contribution in [3.05, 3.63) is 18.2 Å². The molecule has 20 heavy (non-hydrogen) atoms. The SMILES string of the molecule is COc1ccc(S(=O)(=O)N(C)CC(=O)NN)cc1OC. The first-order chi connectivity index (χ1) is 9.36. The monoisotopic (exact) mass is 303 g/mol. The van der Waals surface area contributed by atoms with Crippen molar-refractivity contribution in [3.63, 3.8) is 0 Å². The van der Waals surface area contributed by atoms with Gasteiger partial charge in [0.05, 0.1) is 25.7 Å². The number of hydrogen-bond donors (Lipinski definition) is 2. The van der Waals surface area contributed by atoms with Gasteiger partial charge in [-0.15, -0.1) is 0 Å². The zero-order valence-corrected chi connectivity index (χ0v) is 12.2. The Balaban J connectivity index is 3.12. The van der Waals surface area contributed by atoms with Gasteiger partial charge in [-0.1, -0.05) is 0 Å². The number of carbonyl (C=O) groups excluding carboxylic acids is 1. The van der Waals surface area contributed by atoms with Gasteiger partial charge in [0.15, 0.2) is 11.5 Å². The van der Waals surface area contributed by atoms with Gasteiger partial charge >= 0.3 is 0 Å². The first-order valence-electron chi connectivity index (χ1n) is 5.54. The minimum Gasteiger partial charge on any atom is -0.493 e. The van der Waals surface area contributed by atoms with Crippen molar-refractivity contribution in [3.8, 4) is 11.5 Å². The number of methoxy groups -OCH3 is 2. The third-order valence-electron chi connectivity index (χ3n) is 2.59. The van der Waals surface area contributed by atoms with Gasteiger partial charge < -0.3 is 9.47 Å². The highest BCUT2D eigenvalue weighted by molar-refractivity contribution is 7.89. The van der Waals surface area contributed by atoms with Crippen LogP contribution < -0.4 is 20.7 Å². The maximum atomic E-state index is 12.3. The molecule has 112 valence electrons. The summed E-state index contributed by atoms with van der Waals surface area (Å²) >= 11 is 0. The molecule has 8 nitrogen and oxygen atoms in total. The van der Waals surface area contributed by atoms with Crippen LogP contribution in [0.4, 0.5) is 0 Å². The average Bonchev–Trinajstić information content (AvgIpc) is 2.45. The third-order valence-corrected chi connectivity index (χ3v) is 4.39. The molecule has 1 aromatic carbocycles. The van der Waals surface area contributed by atoms with Crippen LogP contribution >= 0.6 is 0 Å². The zero-order valence-electron chi connectivity index (χ0n) is 11.4. The quantitative estimate of drug-likeness (QED) is 0.409. The van der Waals surface area contributed by atoms with Gasteiger partial charge in [-0.05, 0) is 12.1 Å². The summed E-state index contributed by atoms with van der Waals surface area (Å²) in [6, 6.07) is 4.17. The second-order valence-corrected chi connectivity index (χ2v) is 5.89. The summed E-state index contributed by atoms with van der Waals surface area (Å²) in [6.07, 6.45) is 0. The molecule has 9 heteroatoms. The van der Waals surface area contributed by atoms with Crippen molar-refractivity contribution in [1.82, 2.24) is 9.73 Å². The fourth-order valence-corrected chi connectivity index (χ4v) is 2.63. The van der Waals surface area contributed by atoms with Gasteiger partial charge in [-0.25, -0.2) is 14.3 Å². The van der Waals surface area contributed by atoms with Crippen molar-refractivity contribution in [2.75, 3.05) is 27.8 Å². The number of nitrogens with zero attached hydrogens (tertiary/aromatic N) is 1. The van der Waals surface area contributed by atoms with Gasteiger partial charge in [0.25, 0.3) is 0 Å². The summed E-state index contributed by atoms with van der Waals surface area (Å²) in [5.41, 5.74) is 1.87. The van der Waals surface area contributed by atoms with E-state index in [0.717, 1.165) is 4.31 Å². The van der Waals surface area contributed by atoms with Gasteiger partial charge in [0.1, 0.15) is 0 Å². The number of sulfonamides is 1. The third kappa shape index (κ3) is 3.38. The zero-order chi connectivity index (χ0) is 15.3.